The highest BCUT2D eigenvalue weighted by Gasteiger charge is 2.39. The third-order valence-electron chi connectivity index (χ3n) is 6.67. The van der Waals surface area contributed by atoms with Crippen LogP contribution in [0.2, 0.25) is 0 Å². The number of aromatic amines is 1. The zero-order chi connectivity index (χ0) is 23.5. The Morgan fingerprint density at radius 2 is 1.84 bits per heavy atom. The lowest BCUT2D eigenvalue weighted by atomic mass is 9.82. The van der Waals surface area contributed by atoms with E-state index in [4.69, 9.17) is 0 Å². The third kappa shape index (κ3) is 4.59. The van der Waals surface area contributed by atoms with E-state index in [1.807, 2.05) is 19.9 Å². The lowest BCUT2D eigenvalue weighted by Gasteiger charge is -2.26. The number of hydrogen-bond donors (Lipinski definition) is 3. The zero-order valence-electron chi connectivity index (χ0n) is 19.1. The van der Waals surface area contributed by atoms with E-state index in [9.17, 15) is 19.6 Å². The van der Waals surface area contributed by atoms with Crippen LogP contribution in [0.4, 0.5) is 5.69 Å². The van der Waals surface area contributed by atoms with Gasteiger partial charge >= 0.3 is 0 Å². The van der Waals surface area contributed by atoms with Crippen molar-refractivity contribution in [2.75, 3.05) is 5.32 Å². The van der Waals surface area contributed by atoms with Crippen LogP contribution in [-0.4, -0.2) is 16.8 Å². The van der Waals surface area contributed by atoms with Crippen LogP contribution in [0.25, 0.3) is 0 Å². The number of carbonyl (C=O) groups is 2. The maximum absolute atomic E-state index is 13.1. The van der Waals surface area contributed by atoms with Gasteiger partial charge in [-0.25, -0.2) is 0 Å². The summed E-state index contributed by atoms with van der Waals surface area (Å²) in [4.78, 5) is 41.0. The molecule has 1 aliphatic carbocycles. The van der Waals surface area contributed by atoms with Gasteiger partial charge in [-0.2, -0.15) is 5.26 Å². The largest absolute Gasteiger partial charge is 0.348 e. The summed E-state index contributed by atoms with van der Waals surface area (Å²) in [6, 6.07) is 7.04. The number of nitriles is 1. The number of carbonyl (C=O) groups excluding carboxylic acids is 2. The van der Waals surface area contributed by atoms with Crippen molar-refractivity contribution >= 4 is 17.5 Å². The van der Waals surface area contributed by atoms with Gasteiger partial charge in [-0.1, -0.05) is 19.8 Å². The number of anilines is 1. The maximum Gasteiger partial charge on any atom is 0.253 e. The summed E-state index contributed by atoms with van der Waals surface area (Å²) in [7, 11) is 0. The minimum Gasteiger partial charge on any atom is -0.348 e. The molecule has 3 N–H and O–H groups in total. The van der Waals surface area contributed by atoms with Crippen molar-refractivity contribution in [1.82, 2.24) is 10.3 Å². The van der Waals surface area contributed by atoms with Crippen molar-refractivity contribution in [2.24, 2.45) is 5.41 Å². The zero-order valence-corrected chi connectivity index (χ0v) is 19.1. The average molecular weight is 435 g/mol. The fourth-order valence-corrected chi connectivity index (χ4v) is 4.56. The predicted molar refractivity (Wildman–Crippen MR) is 123 cm³/mol. The Hall–Kier alpha value is -3.40. The summed E-state index contributed by atoms with van der Waals surface area (Å²) in [6.07, 6.45) is 4.52. The highest BCUT2D eigenvalue weighted by molar-refractivity contribution is 6.01. The number of nitrogens with zero attached hydrogens (tertiary/aromatic N) is 1. The van der Waals surface area contributed by atoms with Crippen molar-refractivity contribution in [3.8, 4) is 6.07 Å². The Morgan fingerprint density at radius 1 is 1.16 bits per heavy atom. The average Bonchev–Trinajstić information content (AvgIpc) is 3.24. The molecule has 1 fully saturated rings. The summed E-state index contributed by atoms with van der Waals surface area (Å²) in [5.74, 6) is -0.454. The highest BCUT2D eigenvalue weighted by Crippen LogP contribution is 2.42. The van der Waals surface area contributed by atoms with Crippen LogP contribution >= 0.6 is 0 Å². The number of pyridine rings is 1. The van der Waals surface area contributed by atoms with E-state index in [1.165, 1.54) is 6.07 Å². The van der Waals surface area contributed by atoms with Crippen LogP contribution in [-0.2, 0) is 11.3 Å². The first kappa shape index (κ1) is 23.3. The summed E-state index contributed by atoms with van der Waals surface area (Å²) in [6.45, 7) is 7.47. The van der Waals surface area contributed by atoms with Gasteiger partial charge in [0.15, 0.2) is 0 Å². The molecule has 0 unspecified atom stereocenters. The Bertz CT molecular complexity index is 1150. The van der Waals surface area contributed by atoms with E-state index in [0.717, 1.165) is 43.4 Å². The van der Waals surface area contributed by atoms with Gasteiger partial charge in [0.1, 0.15) is 0 Å². The summed E-state index contributed by atoms with van der Waals surface area (Å²) in [5, 5.41) is 15.2. The Labute approximate surface area is 188 Å². The van der Waals surface area contributed by atoms with E-state index in [-0.39, 0.29) is 29.0 Å². The van der Waals surface area contributed by atoms with Crippen LogP contribution in [0.15, 0.2) is 23.0 Å². The first-order valence-electron chi connectivity index (χ1n) is 11.0. The van der Waals surface area contributed by atoms with Crippen molar-refractivity contribution < 1.29 is 9.59 Å². The van der Waals surface area contributed by atoms with Gasteiger partial charge in [-0.3, -0.25) is 14.4 Å². The summed E-state index contributed by atoms with van der Waals surface area (Å²) < 4.78 is 0. The van der Waals surface area contributed by atoms with Crippen LogP contribution in [0, 0.1) is 37.5 Å². The van der Waals surface area contributed by atoms with Gasteiger partial charge in [0, 0.05) is 34.5 Å². The molecule has 1 aromatic heterocycles. The number of rotatable bonds is 6. The molecule has 168 valence electrons. The normalized spacial score (nSPS) is 14.6. The van der Waals surface area contributed by atoms with Gasteiger partial charge in [-0.15, -0.1) is 0 Å². The van der Waals surface area contributed by atoms with Gasteiger partial charge < -0.3 is 15.6 Å². The van der Waals surface area contributed by atoms with E-state index in [1.54, 1.807) is 19.9 Å². The third-order valence-corrected chi connectivity index (χ3v) is 6.67. The molecule has 2 aromatic rings. The molecule has 32 heavy (non-hydrogen) atoms. The predicted octanol–water partition coefficient (Wildman–Crippen LogP) is 4.01. The molecule has 0 atom stereocenters. The lowest BCUT2D eigenvalue weighted by molar-refractivity contribution is -0.125. The highest BCUT2D eigenvalue weighted by atomic mass is 16.2. The second-order valence-electron chi connectivity index (χ2n) is 8.73. The summed E-state index contributed by atoms with van der Waals surface area (Å²) in [5.41, 5.74) is 3.07. The van der Waals surface area contributed by atoms with Gasteiger partial charge in [0.2, 0.25) is 5.91 Å². The Balaban J connectivity index is 1.86. The Kier molecular flexibility index (Phi) is 6.83. The molecular weight excluding hydrogens is 404 g/mol. The number of aryl methyl sites for hydroxylation is 2. The number of amides is 2. The van der Waals surface area contributed by atoms with E-state index >= 15 is 0 Å². The van der Waals surface area contributed by atoms with E-state index < -0.39 is 5.91 Å². The van der Waals surface area contributed by atoms with E-state index in [0.29, 0.717) is 22.4 Å². The van der Waals surface area contributed by atoms with Crippen LogP contribution in [0.1, 0.15) is 77.3 Å². The topological polar surface area (TPSA) is 115 Å². The van der Waals surface area contributed by atoms with Gasteiger partial charge in [0.25, 0.3) is 11.5 Å². The molecule has 1 aliphatic rings. The van der Waals surface area contributed by atoms with Crippen LogP contribution in [0.5, 0.6) is 0 Å². The molecule has 0 radical (unpaired) electrons. The van der Waals surface area contributed by atoms with Crippen molar-refractivity contribution in [1.29, 1.82) is 5.26 Å². The number of nitrogens with one attached hydrogen (secondary N) is 3. The second kappa shape index (κ2) is 9.39. The maximum atomic E-state index is 13.1. The number of H-pyrrole nitrogens is 1. The second-order valence-corrected chi connectivity index (χ2v) is 8.73. The standard InChI is InChI=1S/C25H30N4O3/c1-5-25(8-6-7-9-25)24(32)29-21-12-18(13-26)11-19(17(21)4)22(30)27-14-20-15(2)10-16(3)28-23(20)31/h10-12H,5-9,14H2,1-4H3,(H,27,30)(H,28,31)(H,29,32). The van der Waals surface area contributed by atoms with Crippen molar-refractivity contribution in [2.45, 2.75) is 66.3 Å². The molecule has 0 spiro atoms. The summed E-state index contributed by atoms with van der Waals surface area (Å²) >= 11 is 0. The number of aromatic nitrogens is 1. The Morgan fingerprint density at radius 3 is 2.44 bits per heavy atom. The minimum absolute atomic E-state index is 0.0520. The molecule has 1 saturated carbocycles. The molecule has 7 nitrogen and oxygen atoms in total. The molecule has 7 heteroatoms. The molecule has 3 rings (SSSR count). The monoisotopic (exact) mass is 434 g/mol. The van der Waals surface area contributed by atoms with Crippen LogP contribution < -0.4 is 16.2 Å². The molecule has 1 heterocycles. The van der Waals surface area contributed by atoms with Crippen molar-refractivity contribution in [3.05, 3.63) is 62.1 Å². The molecule has 1 aromatic carbocycles. The first-order valence-corrected chi connectivity index (χ1v) is 11.0. The fraction of sp³-hybridized carbons (Fsp3) is 0.440. The minimum atomic E-state index is -0.402. The number of hydrogen-bond acceptors (Lipinski definition) is 4. The van der Waals surface area contributed by atoms with Crippen LogP contribution in [0.3, 0.4) is 0 Å². The van der Waals surface area contributed by atoms with Crippen molar-refractivity contribution in [3.63, 3.8) is 0 Å². The molecule has 0 saturated heterocycles. The smallest absolute Gasteiger partial charge is 0.253 e. The van der Waals surface area contributed by atoms with E-state index in [2.05, 4.69) is 21.7 Å². The quantitative estimate of drug-likeness (QED) is 0.637. The lowest BCUT2D eigenvalue weighted by Crippen LogP contribution is -2.34. The molecule has 0 aliphatic heterocycles. The first-order chi connectivity index (χ1) is 15.2. The molecule has 2 amide bonds. The molecular formula is C25H30N4O3. The fourth-order valence-electron chi connectivity index (χ4n) is 4.56. The molecule has 0 bridgehead atoms. The van der Waals surface area contributed by atoms with Gasteiger partial charge in [-0.05, 0) is 69.4 Å². The number of benzene rings is 1. The van der Waals surface area contributed by atoms with Gasteiger partial charge in [0.05, 0.1) is 11.6 Å². The SMILES string of the molecule is CCC1(C(=O)Nc2cc(C#N)cc(C(=O)NCc3c(C)cc(C)[nH]c3=O)c2C)CCCC1.